The summed E-state index contributed by atoms with van der Waals surface area (Å²) in [4.78, 5) is 21.2. The van der Waals surface area contributed by atoms with Crippen LogP contribution in [0.5, 0.6) is 0 Å². The predicted molar refractivity (Wildman–Crippen MR) is 128 cm³/mol. The predicted octanol–water partition coefficient (Wildman–Crippen LogP) is 4.52. The highest BCUT2D eigenvalue weighted by Crippen LogP contribution is 2.36. The van der Waals surface area contributed by atoms with E-state index in [0.29, 0.717) is 16.0 Å². The van der Waals surface area contributed by atoms with E-state index in [4.69, 9.17) is 23.2 Å². The Hall–Kier alpha value is -3.75. The molecule has 3 aromatic heterocycles. The Morgan fingerprint density at radius 2 is 1.91 bits per heavy atom. The normalized spacial score (nSPS) is 14.9. The first-order valence-corrected chi connectivity index (χ1v) is 11.3. The molecule has 0 saturated heterocycles. The highest BCUT2D eigenvalue weighted by Gasteiger charge is 2.29. The Bertz CT molecular complexity index is 1560. The lowest BCUT2D eigenvalue weighted by Crippen LogP contribution is -2.23. The molecule has 0 amide bonds. The number of aromatic amines is 1. The van der Waals surface area contributed by atoms with E-state index in [1.54, 1.807) is 21.4 Å². The Morgan fingerprint density at radius 1 is 1.06 bits per heavy atom. The van der Waals surface area contributed by atoms with E-state index in [2.05, 4.69) is 31.6 Å². The molecule has 6 rings (SSSR count). The minimum atomic E-state index is -0.223. The highest BCUT2D eigenvalue weighted by atomic mass is 35.5. The minimum absolute atomic E-state index is 0.126. The zero-order valence-corrected chi connectivity index (χ0v) is 19.1. The third kappa shape index (κ3) is 3.52. The Labute approximate surface area is 203 Å². The number of rotatable bonds is 4. The summed E-state index contributed by atoms with van der Waals surface area (Å²) < 4.78 is 3.33. The van der Waals surface area contributed by atoms with Crippen LogP contribution in [-0.2, 0) is 6.42 Å². The first-order valence-electron chi connectivity index (χ1n) is 10.6. The van der Waals surface area contributed by atoms with Crippen molar-refractivity contribution in [3.8, 4) is 28.2 Å². The standard InChI is InChI=1S/C24H16Cl2N7O/c25-16-6-8-19(32-13-27-30-31-32)18(12-16)15-10-17-7-9-20(33(17)21(34)11-15)22-23(26)29-24(28-22)14-4-2-1-3-5-14/h2-6,8,10-13,20H,7,9H2,(H,28,29)/t20-/m0/s1. The van der Waals surface area contributed by atoms with Gasteiger partial charge in [-0.3, -0.25) is 4.79 Å². The molecule has 10 heteroatoms. The average molecular weight is 489 g/mol. The van der Waals surface area contributed by atoms with Crippen LogP contribution in [-0.4, -0.2) is 34.7 Å². The minimum Gasteiger partial charge on any atom is -0.339 e. The largest absolute Gasteiger partial charge is 0.339 e. The van der Waals surface area contributed by atoms with Crippen LogP contribution in [0.3, 0.4) is 0 Å². The zero-order valence-electron chi connectivity index (χ0n) is 17.6. The summed E-state index contributed by atoms with van der Waals surface area (Å²) in [6.07, 6.45) is 2.96. The van der Waals surface area contributed by atoms with E-state index in [9.17, 15) is 4.79 Å². The number of H-pyrrole nitrogens is 1. The molecule has 1 atom stereocenters. The SMILES string of the molecule is O=c1cc(-c2cc(Cl)ccc2-n2cnnn2)cc2n1[C@H](c1[nH]c(-c3cc[c]cc3)nc1Cl)CC2. The van der Waals surface area contributed by atoms with Crippen LogP contribution in [0.4, 0.5) is 0 Å². The van der Waals surface area contributed by atoms with Crippen LogP contribution in [0.15, 0.2) is 65.7 Å². The zero-order chi connectivity index (χ0) is 23.2. The molecule has 0 fully saturated rings. The Balaban J connectivity index is 1.43. The fraction of sp³-hybridized carbons (Fsp3) is 0.125. The lowest BCUT2D eigenvalue weighted by molar-refractivity contribution is 0.588. The lowest BCUT2D eigenvalue weighted by atomic mass is 10.0. The van der Waals surface area contributed by atoms with Crippen LogP contribution in [0.2, 0.25) is 10.2 Å². The molecule has 5 aromatic rings. The second-order valence-electron chi connectivity index (χ2n) is 7.99. The number of aryl methyl sites for hydroxylation is 1. The van der Waals surface area contributed by atoms with Gasteiger partial charge >= 0.3 is 0 Å². The number of benzene rings is 2. The number of hydrogen-bond donors (Lipinski definition) is 1. The summed E-state index contributed by atoms with van der Waals surface area (Å²) in [5.74, 6) is 0.664. The molecule has 0 unspecified atom stereocenters. The molecule has 2 aromatic carbocycles. The molecule has 0 saturated carbocycles. The van der Waals surface area contributed by atoms with Crippen LogP contribution in [0.1, 0.15) is 23.9 Å². The maximum absolute atomic E-state index is 13.4. The Kier molecular flexibility index (Phi) is 5.04. The summed E-state index contributed by atoms with van der Waals surface area (Å²) in [6.45, 7) is 0. The van der Waals surface area contributed by atoms with E-state index in [0.717, 1.165) is 46.6 Å². The fourth-order valence-electron chi connectivity index (χ4n) is 4.50. The van der Waals surface area contributed by atoms with Gasteiger partial charge in [0.2, 0.25) is 0 Å². The molecular formula is C24H16Cl2N7O. The van der Waals surface area contributed by atoms with Crippen molar-refractivity contribution in [2.75, 3.05) is 0 Å². The van der Waals surface area contributed by atoms with E-state index in [1.807, 2.05) is 42.5 Å². The third-order valence-electron chi connectivity index (χ3n) is 6.01. The number of tetrazole rings is 1. The fourth-order valence-corrected chi connectivity index (χ4v) is 4.93. The Morgan fingerprint density at radius 3 is 2.71 bits per heavy atom. The lowest BCUT2D eigenvalue weighted by Gasteiger charge is -2.15. The molecule has 0 spiro atoms. The molecule has 1 radical (unpaired) electrons. The number of pyridine rings is 1. The maximum atomic E-state index is 13.4. The van der Waals surface area contributed by atoms with Crippen molar-refractivity contribution in [2.24, 2.45) is 0 Å². The summed E-state index contributed by atoms with van der Waals surface area (Å²) >= 11 is 12.8. The first-order chi connectivity index (χ1) is 16.6. The van der Waals surface area contributed by atoms with Crippen LogP contribution in [0, 0.1) is 6.07 Å². The quantitative estimate of drug-likeness (QED) is 0.401. The molecule has 0 bridgehead atoms. The molecule has 1 N–H and O–H groups in total. The van der Waals surface area contributed by atoms with Crippen LogP contribution >= 0.6 is 23.2 Å². The van der Waals surface area contributed by atoms with E-state index < -0.39 is 0 Å². The summed E-state index contributed by atoms with van der Waals surface area (Å²) in [5, 5.41) is 12.3. The van der Waals surface area contributed by atoms with Crippen LogP contribution in [0.25, 0.3) is 28.2 Å². The monoisotopic (exact) mass is 488 g/mol. The summed E-state index contributed by atoms with van der Waals surface area (Å²) in [5.41, 5.74) is 4.68. The topological polar surface area (TPSA) is 94.3 Å². The molecule has 167 valence electrons. The molecule has 4 heterocycles. The van der Waals surface area contributed by atoms with Crippen molar-refractivity contribution in [2.45, 2.75) is 18.9 Å². The van der Waals surface area contributed by atoms with Crippen molar-refractivity contribution >= 4 is 23.2 Å². The number of nitrogens with zero attached hydrogens (tertiary/aromatic N) is 6. The van der Waals surface area contributed by atoms with Gasteiger partial charge in [-0.15, -0.1) is 5.10 Å². The van der Waals surface area contributed by atoms with Crippen molar-refractivity contribution in [3.63, 3.8) is 0 Å². The number of hydrogen-bond acceptors (Lipinski definition) is 5. The van der Waals surface area contributed by atoms with Gasteiger partial charge in [-0.2, -0.15) is 4.68 Å². The van der Waals surface area contributed by atoms with Crippen molar-refractivity contribution in [1.82, 2.24) is 34.7 Å². The van der Waals surface area contributed by atoms with Gasteiger partial charge in [0.15, 0.2) is 5.15 Å². The van der Waals surface area contributed by atoms with Gasteiger partial charge in [0, 0.05) is 27.9 Å². The first kappa shape index (κ1) is 20.8. The number of nitrogens with one attached hydrogen (secondary N) is 1. The van der Waals surface area contributed by atoms with Gasteiger partial charge in [0.25, 0.3) is 5.56 Å². The van der Waals surface area contributed by atoms with Gasteiger partial charge < -0.3 is 9.55 Å². The molecule has 1 aliphatic heterocycles. The second kappa shape index (κ2) is 8.23. The number of imidazole rings is 1. The summed E-state index contributed by atoms with van der Waals surface area (Å²) in [6, 6.07) is 19.3. The van der Waals surface area contributed by atoms with Gasteiger partial charge in [-0.1, -0.05) is 47.5 Å². The van der Waals surface area contributed by atoms with Crippen LogP contribution < -0.4 is 5.56 Å². The molecule has 1 aliphatic rings. The molecule has 8 nitrogen and oxygen atoms in total. The third-order valence-corrected chi connectivity index (χ3v) is 6.53. The maximum Gasteiger partial charge on any atom is 0.251 e. The highest BCUT2D eigenvalue weighted by molar-refractivity contribution is 6.31. The van der Waals surface area contributed by atoms with Crippen molar-refractivity contribution in [3.05, 3.63) is 98.9 Å². The van der Waals surface area contributed by atoms with Crippen molar-refractivity contribution < 1.29 is 0 Å². The smallest absolute Gasteiger partial charge is 0.251 e. The van der Waals surface area contributed by atoms with Gasteiger partial charge in [0.05, 0.1) is 17.4 Å². The van der Waals surface area contributed by atoms with Gasteiger partial charge in [-0.05, 0) is 59.2 Å². The van der Waals surface area contributed by atoms with E-state index in [1.165, 1.54) is 6.33 Å². The molecule has 0 aliphatic carbocycles. The van der Waals surface area contributed by atoms with E-state index in [-0.39, 0.29) is 11.6 Å². The van der Waals surface area contributed by atoms with Crippen molar-refractivity contribution in [1.29, 1.82) is 0 Å². The average Bonchev–Trinajstić information content (AvgIpc) is 3.59. The number of fused-ring (bicyclic) bond motifs is 1. The van der Waals surface area contributed by atoms with E-state index >= 15 is 0 Å². The second-order valence-corrected chi connectivity index (χ2v) is 8.79. The number of halogens is 2. The number of aromatic nitrogens is 7. The summed E-state index contributed by atoms with van der Waals surface area (Å²) in [7, 11) is 0. The molecular weight excluding hydrogens is 473 g/mol. The van der Waals surface area contributed by atoms with Gasteiger partial charge in [-0.25, -0.2) is 4.98 Å². The van der Waals surface area contributed by atoms with Gasteiger partial charge in [0.1, 0.15) is 12.2 Å². The molecule has 34 heavy (non-hydrogen) atoms.